The number of rotatable bonds is 5. The fourth-order valence-corrected chi connectivity index (χ4v) is 3.70. The first-order chi connectivity index (χ1) is 13.8. The minimum Gasteiger partial charge on any atom is -0.479 e. The Labute approximate surface area is 193 Å². The highest BCUT2D eigenvalue weighted by molar-refractivity contribution is 6.55. The fraction of sp³-hybridized carbons (Fsp3) is 0.0952. The number of hydrogen-bond acceptors (Lipinski definition) is 3. The lowest BCUT2D eigenvalue weighted by Crippen LogP contribution is -2.18. The van der Waals surface area contributed by atoms with Gasteiger partial charge in [0, 0.05) is 0 Å². The minimum absolute atomic E-state index is 0.00641. The molecule has 0 bridgehead atoms. The van der Waals surface area contributed by atoms with Gasteiger partial charge in [0.25, 0.3) is 0 Å². The third-order valence-electron chi connectivity index (χ3n) is 3.97. The van der Waals surface area contributed by atoms with Gasteiger partial charge in [0.1, 0.15) is 15.8 Å². The molecule has 0 heterocycles. The highest BCUT2D eigenvalue weighted by atomic mass is 35.5. The fourth-order valence-electron chi connectivity index (χ4n) is 2.46. The van der Waals surface area contributed by atoms with Crippen molar-refractivity contribution in [1.29, 1.82) is 0 Å². The number of aryl methyl sites for hydroxylation is 1. The Morgan fingerprint density at radius 2 is 1.17 bits per heavy atom. The van der Waals surface area contributed by atoms with Crippen LogP contribution in [0.15, 0.2) is 48.5 Å². The summed E-state index contributed by atoms with van der Waals surface area (Å²) in [6.07, 6.45) is 0. The van der Waals surface area contributed by atoms with Crippen LogP contribution in [-0.2, 0) is 4.79 Å². The molecule has 0 spiro atoms. The largest absolute Gasteiger partial charge is 0.479 e. The van der Waals surface area contributed by atoms with E-state index in [1.807, 2.05) is 43.3 Å². The molecule has 0 atom stereocenters. The lowest BCUT2D eigenvalue weighted by Gasteiger charge is -2.13. The first-order valence-electron chi connectivity index (χ1n) is 8.30. The number of carbonyl (C=O) groups excluding carboxylic acids is 1. The summed E-state index contributed by atoms with van der Waals surface area (Å²) in [4.78, 5) is 12.1. The van der Waals surface area contributed by atoms with Crippen molar-refractivity contribution in [3.8, 4) is 22.6 Å². The predicted molar refractivity (Wildman–Crippen MR) is 119 cm³/mol. The van der Waals surface area contributed by atoms with E-state index >= 15 is 0 Å². The van der Waals surface area contributed by atoms with Gasteiger partial charge in [-0.25, -0.2) is 4.79 Å². The topological polar surface area (TPSA) is 35.5 Å². The summed E-state index contributed by atoms with van der Waals surface area (Å²) >= 11 is 30.0. The summed E-state index contributed by atoms with van der Waals surface area (Å²) in [5.41, 5.74) is 3.26. The molecule has 0 saturated carbocycles. The van der Waals surface area contributed by atoms with Gasteiger partial charge in [-0.05, 0) is 30.2 Å². The first-order valence-corrected chi connectivity index (χ1v) is 10.2. The molecule has 0 aliphatic heterocycles. The number of benzene rings is 3. The molecule has 0 radical (unpaired) electrons. The molecule has 29 heavy (non-hydrogen) atoms. The maximum absolute atomic E-state index is 12.1. The average molecular weight is 491 g/mol. The lowest BCUT2D eigenvalue weighted by molar-refractivity contribution is -0.136. The first kappa shape index (κ1) is 22.1. The van der Waals surface area contributed by atoms with E-state index in [4.69, 9.17) is 67.5 Å². The SMILES string of the molecule is Cc1ccc(-c2ccc(OC(=O)COc3c(Cl)c(Cl)c(Cl)c(Cl)c3Cl)cc2)cc1. The molecule has 3 aromatic rings. The zero-order valence-corrected chi connectivity index (χ0v) is 18.7. The normalized spacial score (nSPS) is 10.7. The van der Waals surface area contributed by atoms with Gasteiger partial charge in [-0.15, -0.1) is 0 Å². The molecule has 0 amide bonds. The maximum atomic E-state index is 12.1. The van der Waals surface area contributed by atoms with Crippen LogP contribution in [0.1, 0.15) is 5.56 Å². The van der Waals surface area contributed by atoms with Gasteiger partial charge >= 0.3 is 5.97 Å². The van der Waals surface area contributed by atoms with Crippen LogP contribution in [-0.4, -0.2) is 12.6 Å². The Bertz CT molecular complexity index is 1020. The molecule has 8 heteroatoms. The molecule has 0 aromatic heterocycles. The molecule has 0 aliphatic rings. The van der Waals surface area contributed by atoms with E-state index in [-0.39, 0.29) is 30.9 Å². The molecule has 3 rings (SSSR count). The highest BCUT2D eigenvalue weighted by Crippen LogP contribution is 2.48. The molecule has 0 fully saturated rings. The second kappa shape index (κ2) is 9.46. The number of carbonyl (C=O) groups is 1. The van der Waals surface area contributed by atoms with Crippen LogP contribution in [0.4, 0.5) is 0 Å². The van der Waals surface area contributed by atoms with Gasteiger partial charge in [-0.1, -0.05) is 100.0 Å². The van der Waals surface area contributed by atoms with Gasteiger partial charge < -0.3 is 9.47 Å². The van der Waals surface area contributed by atoms with E-state index in [0.29, 0.717) is 5.75 Å². The standard InChI is InChI=1S/C21H13Cl5O3/c1-11-2-4-12(5-3-11)13-6-8-14(9-7-13)29-15(27)10-28-21-19(25)17(23)16(22)18(24)20(21)26/h2-9H,10H2,1H3. The molecule has 0 saturated heterocycles. The van der Waals surface area contributed by atoms with Crippen molar-refractivity contribution in [3.05, 3.63) is 79.2 Å². The molecular formula is C21H13Cl5O3. The van der Waals surface area contributed by atoms with Crippen molar-refractivity contribution in [3.63, 3.8) is 0 Å². The second-order valence-electron chi connectivity index (χ2n) is 6.05. The maximum Gasteiger partial charge on any atom is 0.349 e. The predicted octanol–water partition coefficient (Wildman–Crippen LogP) is 7.91. The van der Waals surface area contributed by atoms with Crippen LogP contribution in [0.25, 0.3) is 11.1 Å². The Kier molecular flexibility index (Phi) is 7.20. The number of ether oxygens (including phenoxy) is 2. The highest BCUT2D eigenvalue weighted by Gasteiger charge is 2.21. The van der Waals surface area contributed by atoms with E-state index < -0.39 is 12.6 Å². The van der Waals surface area contributed by atoms with Crippen LogP contribution in [0, 0.1) is 6.92 Å². The zero-order chi connectivity index (χ0) is 21.1. The summed E-state index contributed by atoms with van der Waals surface area (Å²) in [6, 6.07) is 15.2. The van der Waals surface area contributed by atoms with Crippen molar-refractivity contribution in [1.82, 2.24) is 0 Å². The van der Waals surface area contributed by atoms with E-state index in [0.717, 1.165) is 11.1 Å². The summed E-state index contributed by atoms with van der Waals surface area (Å²) in [5, 5.41) is -0.106. The van der Waals surface area contributed by atoms with E-state index in [2.05, 4.69) is 0 Å². The van der Waals surface area contributed by atoms with Crippen LogP contribution >= 0.6 is 58.0 Å². The third-order valence-corrected chi connectivity index (χ3v) is 6.22. The van der Waals surface area contributed by atoms with Crippen LogP contribution in [0.3, 0.4) is 0 Å². The number of hydrogen-bond donors (Lipinski definition) is 0. The zero-order valence-electron chi connectivity index (χ0n) is 14.9. The molecule has 0 aliphatic carbocycles. The number of esters is 1. The quantitative estimate of drug-likeness (QED) is 0.158. The lowest BCUT2D eigenvalue weighted by atomic mass is 10.0. The Morgan fingerprint density at radius 3 is 1.69 bits per heavy atom. The van der Waals surface area contributed by atoms with Crippen molar-refractivity contribution < 1.29 is 14.3 Å². The van der Waals surface area contributed by atoms with E-state index in [1.54, 1.807) is 12.1 Å². The number of halogens is 5. The Morgan fingerprint density at radius 1 is 0.724 bits per heavy atom. The van der Waals surface area contributed by atoms with Crippen LogP contribution < -0.4 is 9.47 Å². The van der Waals surface area contributed by atoms with E-state index in [9.17, 15) is 4.79 Å². The van der Waals surface area contributed by atoms with Gasteiger partial charge in [-0.3, -0.25) is 0 Å². The average Bonchev–Trinajstić information content (AvgIpc) is 2.72. The summed E-state index contributed by atoms with van der Waals surface area (Å²) in [5.74, 6) is -0.319. The van der Waals surface area contributed by atoms with Gasteiger partial charge in [0.2, 0.25) is 0 Å². The smallest absolute Gasteiger partial charge is 0.349 e. The molecule has 3 nitrogen and oxygen atoms in total. The van der Waals surface area contributed by atoms with Crippen molar-refractivity contribution in [2.45, 2.75) is 6.92 Å². The van der Waals surface area contributed by atoms with Crippen molar-refractivity contribution >= 4 is 64.0 Å². The van der Waals surface area contributed by atoms with Crippen molar-refractivity contribution in [2.75, 3.05) is 6.61 Å². The van der Waals surface area contributed by atoms with Gasteiger partial charge in [-0.2, -0.15) is 0 Å². The monoisotopic (exact) mass is 488 g/mol. The van der Waals surface area contributed by atoms with Crippen molar-refractivity contribution in [2.24, 2.45) is 0 Å². The Hall–Kier alpha value is -1.62. The van der Waals surface area contributed by atoms with Gasteiger partial charge in [0.15, 0.2) is 12.4 Å². The molecule has 0 unspecified atom stereocenters. The van der Waals surface area contributed by atoms with Crippen LogP contribution in [0.2, 0.25) is 25.1 Å². The summed E-state index contributed by atoms with van der Waals surface area (Å²) in [6.45, 7) is 1.58. The second-order valence-corrected chi connectivity index (χ2v) is 7.94. The third kappa shape index (κ3) is 5.11. The van der Waals surface area contributed by atoms with Crippen LogP contribution in [0.5, 0.6) is 11.5 Å². The minimum atomic E-state index is -0.651. The van der Waals surface area contributed by atoms with E-state index in [1.165, 1.54) is 5.56 Å². The molecule has 150 valence electrons. The molecular weight excluding hydrogens is 477 g/mol. The molecule has 0 N–H and O–H groups in total. The summed E-state index contributed by atoms with van der Waals surface area (Å²) in [7, 11) is 0. The Balaban J connectivity index is 1.65. The van der Waals surface area contributed by atoms with Gasteiger partial charge in [0.05, 0.1) is 15.1 Å². The summed E-state index contributed by atoms with van der Waals surface area (Å²) < 4.78 is 10.6. The molecule has 3 aromatic carbocycles.